The minimum absolute atomic E-state index is 0.0496. The van der Waals surface area contributed by atoms with E-state index < -0.39 is 0 Å². The Morgan fingerprint density at radius 2 is 1.92 bits per heavy atom. The molecule has 0 aromatic heterocycles. The molecule has 70 valence electrons. The summed E-state index contributed by atoms with van der Waals surface area (Å²) in [5.74, 6) is 0.761. The Labute approximate surface area is 79.6 Å². The maximum atomic E-state index is 4.12. The van der Waals surface area contributed by atoms with Crippen LogP contribution in [-0.2, 0) is 0 Å². The first-order valence-electron chi connectivity index (χ1n) is 4.17. The molecule has 0 saturated heterocycles. The van der Waals surface area contributed by atoms with Gasteiger partial charge in [-0.25, -0.2) is 9.98 Å². The van der Waals surface area contributed by atoms with Crippen molar-refractivity contribution in [1.82, 2.24) is 0 Å². The van der Waals surface area contributed by atoms with Gasteiger partial charge in [0.25, 0.3) is 0 Å². The van der Waals surface area contributed by atoms with Crippen LogP contribution in [0.3, 0.4) is 0 Å². The normalized spacial score (nSPS) is 11.2. The summed E-state index contributed by atoms with van der Waals surface area (Å²) in [6, 6.07) is 2.71. The van der Waals surface area contributed by atoms with Crippen LogP contribution in [0.1, 0.15) is 34.6 Å². The van der Waals surface area contributed by atoms with Gasteiger partial charge in [0.1, 0.15) is 0 Å². The van der Waals surface area contributed by atoms with Gasteiger partial charge >= 0.3 is 0 Å². The fraction of sp³-hybridized carbons (Fsp3) is 0.889. The minimum atomic E-state index is -0.0496. The average molecular weight is 186 g/mol. The first kappa shape index (κ1) is 11.7. The fourth-order valence-electron chi connectivity index (χ4n) is 0.401. The second-order valence-corrected chi connectivity index (χ2v) is 5.42. The third-order valence-electron chi connectivity index (χ3n) is 0.929. The summed E-state index contributed by atoms with van der Waals surface area (Å²) in [6.45, 7) is 10.4. The number of rotatable bonds is 3. The molecule has 0 spiro atoms. The summed E-state index contributed by atoms with van der Waals surface area (Å²) in [6.07, 6.45) is 0. The van der Waals surface area contributed by atoms with Gasteiger partial charge in [0.05, 0.1) is 17.4 Å². The highest BCUT2D eigenvalue weighted by molar-refractivity contribution is 7.99. The SMILES string of the molecule is CC(C)SCN=C=NC(C)(C)C. The van der Waals surface area contributed by atoms with Crippen molar-refractivity contribution in [2.45, 2.75) is 45.4 Å². The molecule has 0 atom stereocenters. The number of aliphatic imine (C=N–C) groups is 2. The van der Waals surface area contributed by atoms with E-state index in [0.717, 1.165) is 5.88 Å². The number of nitrogens with zero attached hydrogens (tertiary/aromatic N) is 2. The number of thioether (sulfide) groups is 1. The molecule has 0 unspecified atom stereocenters. The van der Waals surface area contributed by atoms with Crippen LogP contribution in [0.15, 0.2) is 9.98 Å². The lowest BCUT2D eigenvalue weighted by atomic mass is 10.1. The van der Waals surface area contributed by atoms with Crippen LogP contribution in [-0.4, -0.2) is 22.7 Å². The van der Waals surface area contributed by atoms with E-state index in [9.17, 15) is 0 Å². The zero-order valence-electron chi connectivity index (χ0n) is 8.59. The first-order chi connectivity index (χ1) is 5.42. The van der Waals surface area contributed by atoms with Crippen LogP contribution < -0.4 is 0 Å². The molecule has 0 radical (unpaired) electrons. The Kier molecular flexibility index (Phi) is 5.27. The number of hydrogen-bond donors (Lipinski definition) is 0. The molecular weight excluding hydrogens is 168 g/mol. The van der Waals surface area contributed by atoms with Gasteiger partial charge in [-0.05, 0) is 20.8 Å². The molecule has 0 N–H and O–H groups in total. The van der Waals surface area contributed by atoms with Crippen molar-refractivity contribution in [3.05, 3.63) is 0 Å². The summed E-state index contributed by atoms with van der Waals surface area (Å²) >= 11 is 1.79. The molecule has 0 heterocycles. The molecule has 12 heavy (non-hydrogen) atoms. The van der Waals surface area contributed by atoms with Gasteiger partial charge in [0.2, 0.25) is 0 Å². The lowest BCUT2D eigenvalue weighted by Crippen LogP contribution is -2.08. The first-order valence-corrected chi connectivity index (χ1v) is 5.21. The molecule has 0 amide bonds. The maximum absolute atomic E-state index is 4.12. The topological polar surface area (TPSA) is 24.7 Å². The third-order valence-corrected chi connectivity index (χ3v) is 1.87. The Bertz CT molecular complexity index is 173. The standard InChI is InChI=1S/C9H18N2S/c1-8(2)12-7-10-6-11-9(3,4)5/h8H,7H2,1-5H3. The molecule has 0 aliphatic rings. The van der Waals surface area contributed by atoms with E-state index in [1.165, 1.54) is 0 Å². The van der Waals surface area contributed by atoms with Crippen molar-refractivity contribution in [2.75, 3.05) is 5.88 Å². The monoisotopic (exact) mass is 186 g/mol. The lowest BCUT2D eigenvalue weighted by Gasteiger charge is -2.06. The molecule has 0 aliphatic carbocycles. The van der Waals surface area contributed by atoms with E-state index in [1.54, 1.807) is 11.8 Å². The minimum Gasteiger partial charge on any atom is -0.220 e. The molecule has 0 fully saturated rings. The van der Waals surface area contributed by atoms with Crippen molar-refractivity contribution in [2.24, 2.45) is 9.98 Å². The predicted octanol–water partition coefficient (Wildman–Crippen LogP) is 3.06. The Morgan fingerprint density at radius 3 is 2.33 bits per heavy atom. The Balaban J connectivity index is 3.69. The van der Waals surface area contributed by atoms with Gasteiger partial charge in [-0.1, -0.05) is 13.8 Å². The van der Waals surface area contributed by atoms with Crippen molar-refractivity contribution in [1.29, 1.82) is 0 Å². The van der Waals surface area contributed by atoms with Crippen LogP contribution in [0.4, 0.5) is 0 Å². The van der Waals surface area contributed by atoms with Crippen molar-refractivity contribution in [3.8, 4) is 0 Å². The number of hydrogen-bond acceptors (Lipinski definition) is 3. The molecule has 0 aliphatic heterocycles. The van der Waals surface area contributed by atoms with Crippen LogP contribution in [0.25, 0.3) is 0 Å². The molecule has 0 saturated carbocycles. The van der Waals surface area contributed by atoms with Crippen molar-refractivity contribution >= 4 is 17.8 Å². The zero-order chi connectivity index (χ0) is 9.61. The van der Waals surface area contributed by atoms with Gasteiger partial charge in [0, 0.05) is 5.25 Å². The molecular formula is C9H18N2S. The van der Waals surface area contributed by atoms with E-state index in [-0.39, 0.29) is 5.54 Å². The quantitative estimate of drug-likeness (QED) is 0.622. The summed E-state index contributed by atoms with van der Waals surface area (Å²) < 4.78 is 0. The zero-order valence-corrected chi connectivity index (χ0v) is 9.40. The molecule has 3 heteroatoms. The van der Waals surface area contributed by atoms with Gasteiger partial charge in [-0.2, -0.15) is 0 Å². The molecule has 2 nitrogen and oxygen atoms in total. The molecule has 0 aromatic carbocycles. The Hall–Kier alpha value is -0.270. The summed E-state index contributed by atoms with van der Waals surface area (Å²) in [5.41, 5.74) is -0.0496. The van der Waals surface area contributed by atoms with Crippen LogP contribution in [0.2, 0.25) is 0 Å². The highest BCUT2D eigenvalue weighted by Crippen LogP contribution is 2.08. The summed E-state index contributed by atoms with van der Waals surface area (Å²) in [5, 5.41) is 0.630. The highest BCUT2D eigenvalue weighted by Gasteiger charge is 2.03. The molecule has 0 rings (SSSR count). The largest absolute Gasteiger partial charge is 0.220 e. The van der Waals surface area contributed by atoms with Crippen LogP contribution in [0.5, 0.6) is 0 Å². The van der Waals surface area contributed by atoms with Crippen molar-refractivity contribution in [3.63, 3.8) is 0 Å². The smallest absolute Gasteiger partial charge is 0.0956 e. The molecule has 0 bridgehead atoms. The lowest BCUT2D eigenvalue weighted by molar-refractivity contribution is 0.587. The van der Waals surface area contributed by atoms with E-state index in [2.05, 4.69) is 29.8 Å². The van der Waals surface area contributed by atoms with Gasteiger partial charge < -0.3 is 0 Å². The van der Waals surface area contributed by atoms with Gasteiger partial charge in [-0.3, -0.25) is 0 Å². The van der Waals surface area contributed by atoms with Crippen LogP contribution >= 0.6 is 11.8 Å². The average Bonchev–Trinajstić information content (AvgIpc) is 1.83. The van der Waals surface area contributed by atoms with E-state index in [0.29, 0.717) is 5.25 Å². The second-order valence-electron chi connectivity index (χ2n) is 3.89. The maximum Gasteiger partial charge on any atom is 0.0956 e. The van der Waals surface area contributed by atoms with E-state index >= 15 is 0 Å². The van der Waals surface area contributed by atoms with Gasteiger partial charge in [-0.15, -0.1) is 11.8 Å². The molecule has 0 aromatic rings. The Morgan fingerprint density at radius 1 is 1.33 bits per heavy atom. The summed E-state index contributed by atoms with van der Waals surface area (Å²) in [7, 11) is 0. The highest BCUT2D eigenvalue weighted by atomic mass is 32.2. The van der Waals surface area contributed by atoms with Crippen molar-refractivity contribution < 1.29 is 0 Å². The summed E-state index contributed by atoms with van der Waals surface area (Å²) in [4.78, 5) is 8.17. The predicted molar refractivity (Wildman–Crippen MR) is 57.2 cm³/mol. The second kappa shape index (κ2) is 5.39. The van der Waals surface area contributed by atoms with E-state index in [4.69, 9.17) is 0 Å². The van der Waals surface area contributed by atoms with Crippen LogP contribution in [0, 0.1) is 0 Å². The van der Waals surface area contributed by atoms with Gasteiger partial charge in [0.15, 0.2) is 0 Å². The third kappa shape index (κ3) is 9.73. The van der Waals surface area contributed by atoms with E-state index in [1.807, 2.05) is 20.8 Å². The fourth-order valence-corrected chi connectivity index (χ4v) is 0.831.